The predicted molar refractivity (Wildman–Crippen MR) is 60.3 cm³/mol. The van der Waals surface area contributed by atoms with Crippen LogP contribution in [0.25, 0.3) is 0 Å². The van der Waals surface area contributed by atoms with Gasteiger partial charge in [-0.2, -0.15) is 0 Å². The van der Waals surface area contributed by atoms with Crippen molar-refractivity contribution in [1.29, 1.82) is 0 Å². The molecule has 1 fully saturated rings. The first-order chi connectivity index (χ1) is 7.72. The normalized spacial score (nSPS) is 22.2. The fraction of sp³-hybridized carbons (Fsp3) is 0.909. The number of aliphatic carboxylic acids is 1. The highest BCUT2D eigenvalue weighted by molar-refractivity contribution is 5.68. The molecule has 1 rings (SSSR count). The third kappa shape index (κ3) is 5.42. The summed E-state index contributed by atoms with van der Waals surface area (Å²) in [7, 11) is 0. The van der Waals surface area contributed by atoms with E-state index in [1.807, 2.05) is 0 Å². The summed E-state index contributed by atoms with van der Waals surface area (Å²) in [4.78, 5) is 12.6. The third-order valence-electron chi connectivity index (χ3n) is 2.92. The van der Waals surface area contributed by atoms with Crippen molar-refractivity contribution in [3.63, 3.8) is 0 Å². The first kappa shape index (κ1) is 13.4. The molecule has 16 heavy (non-hydrogen) atoms. The van der Waals surface area contributed by atoms with E-state index >= 15 is 0 Å². The number of hydrogen-bond acceptors (Lipinski definition) is 3. The molecule has 0 aromatic carbocycles. The Labute approximate surface area is 95.8 Å². The highest BCUT2D eigenvalue weighted by atomic mass is 19.1. The number of rotatable bonds is 7. The molecule has 1 heterocycles. The maximum atomic E-state index is 12.0. The number of alkyl halides is 1. The van der Waals surface area contributed by atoms with E-state index in [9.17, 15) is 9.18 Å². The van der Waals surface area contributed by atoms with Gasteiger partial charge >= 0.3 is 5.97 Å². The van der Waals surface area contributed by atoms with Gasteiger partial charge in [0.1, 0.15) is 0 Å². The number of halogens is 1. The Morgan fingerprint density at radius 2 is 2.38 bits per heavy atom. The quantitative estimate of drug-likeness (QED) is 0.679. The molecular formula is C11H21FN2O2. The number of hydrogen-bond donors (Lipinski definition) is 2. The molecule has 0 aliphatic carbocycles. The minimum absolute atomic E-state index is 0.0288. The molecule has 94 valence electrons. The second-order valence-electron chi connectivity index (χ2n) is 4.38. The van der Waals surface area contributed by atoms with Gasteiger partial charge in [0.05, 0.1) is 13.2 Å². The largest absolute Gasteiger partial charge is 0.480 e. The van der Waals surface area contributed by atoms with E-state index in [0.717, 1.165) is 39.0 Å². The first-order valence-corrected chi connectivity index (χ1v) is 5.93. The number of likely N-dealkylation sites (tertiary alicyclic amines) is 1. The lowest BCUT2D eigenvalue weighted by molar-refractivity contribution is -0.136. The van der Waals surface area contributed by atoms with Crippen LogP contribution >= 0.6 is 0 Å². The molecule has 4 nitrogen and oxygen atoms in total. The molecule has 2 N–H and O–H groups in total. The zero-order valence-electron chi connectivity index (χ0n) is 9.62. The highest BCUT2D eigenvalue weighted by Crippen LogP contribution is 2.15. The van der Waals surface area contributed by atoms with Crippen molar-refractivity contribution >= 4 is 5.97 Å². The van der Waals surface area contributed by atoms with Crippen molar-refractivity contribution in [2.24, 2.45) is 5.92 Å². The van der Waals surface area contributed by atoms with Crippen LogP contribution in [0.4, 0.5) is 4.39 Å². The zero-order chi connectivity index (χ0) is 11.8. The fourth-order valence-corrected chi connectivity index (χ4v) is 2.19. The Hall–Kier alpha value is -0.680. The third-order valence-corrected chi connectivity index (χ3v) is 2.92. The monoisotopic (exact) mass is 232 g/mol. The van der Waals surface area contributed by atoms with E-state index in [4.69, 9.17) is 5.11 Å². The second kappa shape index (κ2) is 7.57. The van der Waals surface area contributed by atoms with Crippen molar-refractivity contribution in [1.82, 2.24) is 10.2 Å². The number of piperidine rings is 1. The molecule has 0 bridgehead atoms. The van der Waals surface area contributed by atoms with Gasteiger partial charge in [-0.3, -0.25) is 9.18 Å². The van der Waals surface area contributed by atoms with E-state index in [1.165, 1.54) is 0 Å². The predicted octanol–water partition coefficient (Wildman–Crippen LogP) is 0.732. The Morgan fingerprint density at radius 3 is 3.06 bits per heavy atom. The summed E-state index contributed by atoms with van der Waals surface area (Å²) in [5.74, 6) is -0.308. The minimum Gasteiger partial charge on any atom is -0.480 e. The summed E-state index contributed by atoms with van der Waals surface area (Å²) in [5, 5.41) is 11.4. The molecule has 5 heteroatoms. The average Bonchev–Trinajstić information content (AvgIpc) is 2.26. The first-order valence-electron chi connectivity index (χ1n) is 5.93. The van der Waals surface area contributed by atoms with Crippen molar-refractivity contribution in [2.75, 3.05) is 39.4 Å². The van der Waals surface area contributed by atoms with Crippen LogP contribution in [0.1, 0.15) is 19.3 Å². The number of carboxylic acids is 1. The maximum absolute atomic E-state index is 12.0. The summed E-state index contributed by atoms with van der Waals surface area (Å²) < 4.78 is 12.0. The van der Waals surface area contributed by atoms with Crippen LogP contribution in [0, 0.1) is 5.92 Å². The van der Waals surface area contributed by atoms with E-state index < -0.39 is 5.97 Å². The molecule has 1 aliphatic heterocycles. The summed E-state index contributed by atoms with van der Waals surface area (Å²) >= 11 is 0. The Morgan fingerprint density at radius 1 is 1.56 bits per heavy atom. The highest BCUT2D eigenvalue weighted by Gasteiger charge is 2.19. The molecule has 1 aliphatic rings. The van der Waals surface area contributed by atoms with Gasteiger partial charge in [-0.15, -0.1) is 0 Å². The molecule has 0 aromatic rings. The standard InChI is InChI=1S/C11H21FN2O2/c12-4-2-6-14-5-1-3-10(9-14)7-13-8-11(15)16/h10,13H,1-9H2,(H,15,16). The van der Waals surface area contributed by atoms with Gasteiger partial charge in [-0.05, 0) is 38.3 Å². The van der Waals surface area contributed by atoms with Crippen LogP contribution in [0.15, 0.2) is 0 Å². The Kier molecular flexibility index (Phi) is 6.33. The summed E-state index contributed by atoms with van der Waals surface area (Å²) in [5.41, 5.74) is 0. The summed E-state index contributed by atoms with van der Waals surface area (Å²) in [6.07, 6.45) is 2.87. The number of carbonyl (C=O) groups is 1. The van der Waals surface area contributed by atoms with E-state index in [1.54, 1.807) is 0 Å². The van der Waals surface area contributed by atoms with Gasteiger partial charge < -0.3 is 15.3 Å². The van der Waals surface area contributed by atoms with Gasteiger partial charge in [-0.25, -0.2) is 0 Å². The lowest BCUT2D eigenvalue weighted by Crippen LogP contribution is -2.41. The number of nitrogens with one attached hydrogen (secondary N) is 1. The van der Waals surface area contributed by atoms with Crippen LogP contribution in [-0.4, -0.2) is 55.4 Å². The van der Waals surface area contributed by atoms with Crippen molar-refractivity contribution < 1.29 is 14.3 Å². The van der Waals surface area contributed by atoms with Crippen LogP contribution < -0.4 is 5.32 Å². The van der Waals surface area contributed by atoms with E-state index in [2.05, 4.69) is 10.2 Å². The van der Waals surface area contributed by atoms with Crippen molar-refractivity contribution in [2.45, 2.75) is 19.3 Å². The summed E-state index contributed by atoms with van der Waals surface area (Å²) in [6.45, 7) is 3.37. The van der Waals surface area contributed by atoms with Gasteiger partial charge in [0.15, 0.2) is 0 Å². The molecule has 1 saturated heterocycles. The lowest BCUT2D eigenvalue weighted by atomic mass is 9.98. The Bertz CT molecular complexity index is 214. The van der Waals surface area contributed by atoms with Crippen LogP contribution in [0.5, 0.6) is 0 Å². The van der Waals surface area contributed by atoms with E-state index in [-0.39, 0.29) is 13.2 Å². The minimum atomic E-state index is -0.815. The molecule has 0 spiro atoms. The molecule has 1 unspecified atom stereocenters. The number of nitrogens with zero attached hydrogens (tertiary/aromatic N) is 1. The zero-order valence-corrected chi connectivity index (χ0v) is 9.62. The second-order valence-corrected chi connectivity index (χ2v) is 4.38. The topological polar surface area (TPSA) is 52.6 Å². The lowest BCUT2D eigenvalue weighted by Gasteiger charge is -2.32. The van der Waals surface area contributed by atoms with Crippen molar-refractivity contribution in [3.05, 3.63) is 0 Å². The smallest absolute Gasteiger partial charge is 0.317 e. The maximum Gasteiger partial charge on any atom is 0.317 e. The molecule has 0 amide bonds. The molecule has 0 radical (unpaired) electrons. The van der Waals surface area contributed by atoms with Gasteiger partial charge in [-0.1, -0.05) is 0 Å². The average molecular weight is 232 g/mol. The van der Waals surface area contributed by atoms with E-state index in [0.29, 0.717) is 12.3 Å². The molecule has 0 aromatic heterocycles. The number of carboxylic acid groups (broad SMARTS) is 1. The van der Waals surface area contributed by atoms with Gasteiger partial charge in [0, 0.05) is 13.1 Å². The van der Waals surface area contributed by atoms with Crippen LogP contribution in [0.3, 0.4) is 0 Å². The summed E-state index contributed by atoms with van der Waals surface area (Å²) in [6, 6.07) is 0. The van der Waals surface area contributed by atoms with Crippen LogP contribution in [-0.2, 0) is 4.79 Å². The molecule has 1 atom stereocenters. The van der Waals surface area contributed by atoms with Crippen molar-refractivity contribution in [3.8, 4) is 0 Å². The SMILES string of the molecule is O=C(O)CNCC1CCCN(CCCF)C1. The molecule has 0 saturated carbocycles. The van der Waals surface area contributed by atoms with Crippen LogP contribution in [0.2, 0.25) is 0 Å². The van der Waals surface area contributed by atoms with Gasteiger partial charge in [0.25, 0.3) is 0 Å². The Balaban J connectivity index is 2.14. The fourth-order valence-electron chi connectivity index (χ4n) is 2.19. The van der Waals surface area contributed by atoms with Gasteiger partial charge in [0.2, 0.25) is 0 Å². The molecular weight excluding hydrogens is 211 g/mol.